The minimum absolute atomic E-state index is 0. The van der Waals surface area contributed by atoms with Crippen LogP contribution in [0.3, 0.4) is 0 Å². The lowest BCUT2D eigenvalue weighted by molar-refractivity contribution is 0.463. The third kappa shape index (κ3) is 1.58. The van der Waals surface area contributed by atoms with Crippen molar-refractivity contribution in [2.24, 2.45) is 0 Å². The Kier molecular flexibility index (Phi) is 2.08. The molecule has 62 valence electrons. The van der Waals surface area contributed by atoms with Gasteiger partial charge in [-0.1, -0.05) is 12.1 Å². The van der Waals surface area contributed by atoms with E-state index in [0.717, 1.165) is 6.07 Å². The molecule has 0 amide bonds. The Morgan fingerprint density at radius 2 is 2.00 bits per heavy atom. The summed E-state index contributed by atoms with van der Waals surface area (Å²) in [5.41, 5.74) is -0.243. The molecule has 0 heterocycles. The van der Waals surface area contributed by atoms with Crippen molar-refractivity contribution in [3.05, 3.63) is 29.2 Å². The summed E-state index contributed by atoms with van der Waals surface area (Å²) < 4.78 is 31.5. The van der Waals surface area contributed by atoms with E-state index >= 15 is 0 Å². The molecule has 5 nitrogen and oxygen atoms in total. The maximum atomic E-state index is 10.5. The highest BCUT2D eigenvalue weighted by molar-refractivity contribution is 7.86. The second kappa shape index (κ2) is 2.89. The SMILES string of the molecule is N#[N+]c1ccccc1S(=O)(=O)[O-].[H+]. The van der Waals surface area contributed by atoms with Crippen LogP contribution in [0.1, 0.15) is 1.43 Å². The van der Waals surface area contributed by atoms with Gasteiger partial charge in [-0.2, -0.15) is 0 Å². The van der Waals surface area contributed by atoms with E-state index in [9.17, 15) is 13.0 Å². The van der Waals surface area contributed by atoms with Gasteiger partial charge >= 0.3 is 7.11 Å². The second-order valence-corrected chi connectivity index (χ2v) is 3.37. The first kappa shape index (κ1) is 8.64. The van der Waals surface area contributed by atoms with Gasteiger partial charge in [-0.25, -0.2) is 8.42 Å². The maximum absolute atomic E-state index is 10.5. The van der Waals surface area contributed by atoms with Crippen molar-refractivity contribution in [1.82, 2.24) is 0 Å². The molecule has 0 unspecified atom stereocenters. The molecule has 0 N–H and O–H groups in total. The molecule has 0 fully saturated rings. The number of hydrogen-bond acceptors (Lipinski definition) is 4. The first-order valence-electron chi connectivity index (χ1n) is 2.96. The van der Waals surface area contributed by atoms with Gasteiger partial charge in [0.1, 0.15) is 15.0 Å². The number of benzene rings is 1. The molecule has 1 aromatic carbocycles. The molecule has 1 rings (SSSR count). The molecule has 12 heavy (non-hydrogen) atoms. The van der Waals surface area contributed by atoms with E-state index in [4.69, 9.17) is 5.39 Å². The molecule has 1 aromatic rings. The van der Waals surface area contributed by atoms with Crippen molar-refractivity contribution >= 4 is 15.8 Å². The van der Waals surface area contributed by atoms with E-state index in [2.05, 4.69) is 4.98 Å². The summed E-state index contributed by atoms with van der Waals surface area (Å²) in [5, 5.41) is 8.30. The Morgan fingerprint density at radius 1 is 1.42 bits per heavy atom. The Balaban J connectivity index is 0.00000144. The van der Waals surface area contributed by atoms with Crippen LogP contribution in [0.5, 0.6) is 0 Å². The van der Waals surface area contributed by atoms with Crippen LogP contribution in [0.25, 0.3) is 4.98 Å². The molecule has 0 aromatic heterocycles. The van der Waals surface area contributed by atoms with Gasteiger partial charge in [-0.15, -0.1) is 0 Å². The lowest BCUT2D eigenvalue weighted by Gasteiger charge is -2.02. The van der Waals surface area contributed by atoms with Crippen LogP contribution in [0.15, 0.2) is 29.2 Å². The van der Waals surface area contributed by atoms with Crippen molar-refractivity contribution in [3.8, 4) is 0 Å². The zero-order chi connectivity index (χ0) is 9.19. The smallest absolute Gasteiger partial charge is 0.744 e. The van der Waals surface area contributed by atoms with Gasteiger partial charge in [0.15, 0.2) is 4.98 Å². The molecular weight excluding hydrogens is 180 g/mol. The third-order valence-electron chi connectivity index (χ3n) is 1.24. The first-order chi connectivity index (χ1) is 5.55. The summed E-state index contributed by atoms with van der Waals surface area (Å²) in [5.74, 6) is 0. The van der Waals surface area contributed by atoms with Crippen molar-refractivity contribution in [2.75, 3.05) is 0 Å². The molecule has 0 aliphatic heterocycles. The van der Waals surface area contributed by atoms with E-state index in [1.807, 2.05) is 0 Å². The fourth-order valence-electron chi connectivity index (χ4n) is 0.751. The largest absolute Gasteiger partial charge is 1.00 e. The van der Waals surface area contributed by atoms with Gasteiger partial charge in [0.05, 0.1) is 0 Å². The Bertz CT molecular complexity index is 437. The lowest BCUT2D eigenvalue weighted by atomic mass is 10.3. The summed E-state index contributed by atoms with van der Waals surface area (Å²) in [4.78, 5) is 2.14. The Hall–Kier alpha value is -1.45. The third-order valence-corrected chi connectivity index (χ3v) is 2.13. The van der Waals surface area contributed by atoms with Crippen LogP contribution in [0.2, 0.25) is 0 Å². The first-order valence-corrected chi connectivity index (χ1v) is 4.36. The predicted octanol–water partition coefficient (Wildman–Crippen LogP) is 1.19. The van der Waals surface area contributed by atoms with Gasteiger partial charge in [0, 0.05) is 6.07 Å². The predicted molar refractivity (Wildman–Crippen MR) is 40.3 cm³/mol. The maximum Gasteiger partial charge on any atom is 1.00 e. The van der Waals surface area contributed by atoms with E-state index in [-0.39, 0.29) is 7.11 Å². The van der Waals surface area contributed by atoms with E-state index in [1.54, 1.807) is 0 Å². The summed E-state index contributed by atoms with van der Waals surface area (Å²) in [6.07, 6.45) is 0. The number of rotatable bonds is 1. The van der Waals surface area contributed by atoms with Crippen LogP contribution in [-0.4, -0.2) is 13.0 Å². The minimum Gasteiger partial charge on any atom is -0.744 e. The Morgan fingerprint density at radius 3 is 2.42 bits per heavy atom. The highest BCUT2D eigenvalue weighted by atomic mass is 32.2. The average molecular weight is 185 g/mol. The fraction of sp³-hybridized carbons (Fsp3) is 0. The average Bonchev–Trinajstić information content (AvgIpc) is 2.03. The molecule has 0 aliphatic rings. The zero-order valence-electron chi connectivity index (χ0n) is 6.84. The topological polar surface area (TPSA) is 85.3 Å². The normalized spacial score (nSPS) is 10.7. The molecule has 0 atom stereocenters. The van der Waals surface area contributed by atoms with Crippen LogP contribution < -0.4 is 0 Å². The van der Waals surface area contributed by atoms with Crippen LogP contribution in [0.4, 0.5) is 5.69 Å². The molecule has 0 aliphatic carbocycles. The van der Waals surface area contributed by atoms with Gasteiger partial charge in [0.25, 0.3) is 0 Å². The fourth-order valence-corrected chi connectivity index (χ4v) is 1.36. The summed E-state index contributed by atoms with van der Waals surface area (Å²) >= 11 is 0. The Labute approximate surface area is 70.5 Å². The molecule has 0 saturated heterocycles. The second-order valence-electron chi connectivity index (χ2n) is 2.02. The van der Waals surface area contributed by atoms with E-state index in [0.29, 0.717) is 0 Å². The zero-order valence-corrected chi connectivity index (χ0v) is 6.65. The van der Waals surface area contributed by atoms with Crippen molar-refractivity contribution in [3.63, 3.8) is 0 Å². The van der Waals surface area contributed by atoms with Gasteiger partial charge < -0.3 is 4.55 Å². The van der Waals surface area contributed by atoms with Crippen molar-refractivity contribution < 1.29 is 14.4 Å². The summed E-state index contributed by atoms with van der Waals surface area (Å²) in [7, 11) is -4.55. The van der Waals surface area contributed by atoms with Crippen LogP contribution >= 0.6 is 0 Å². The number of nitrogens with zero attached hydrogens (tertiary/aromatic N) is 2. The quantitative estimate of drug-likeness (QED) is 0.485. The summed E-state index contributed by atoms with van der Waals surface area (Å²) in [6.45, 7) is 0. The van der Waals surface area contributed by atoms with Crippen molar-refractivity contribution in [2.45, 2.75) is 4.90 Å². The molecule has 0 bridgehead atoms. The molecule has 0 saturated carbocycles. The molecular formula is C6H5N2O3S+. The highest BCUT2D eigenvalue weighted by Crippen LogP contribution is 2.22. The van der Waals surface area contributed by atoms with Gasteiger partial charge in [-0.05, 0) is 6.07 Å². The van der Waals surface area contributed by atoms with E-state index < -0.39 is 15.0 Å². The standard InChI is InChI=1S/C6H4N2O3S/c7-8-5-3-1-2-4-6(5)12(9,10)11/h1-4H/p+1. The van der Waals surface area contributed by atoms with Crippen LogP contribution in [-0.2, 0) is 10.1 Å². The lowest BCUT2D eigenvalue weighted by Crippen LogP contribution is -1.97. The minimum atomic E-state index is -4.55. The molecule has 6 heteroatoms. The van der Waals surface area contributed by atoms with Gasteiger partial charge in [0.2, 0.25) is 5.39 Å². The molecule has 0 radical (unpaired) electrons. The monoisotopic (exact) mass is 185 g/mol. The van der Waals surface area contributed by atoms with Gasteiger partial charge in [-0.3, -0.25) is 0 Å². The molecule has 0 spiro atoms. The highest BCUT2D eigenvalue weighted by Gasteiger charge is 2.16. The number of diazo groups is 1. The van der Waals surface area contributed by atoms with Crippen molar-refractivity contribution in [1.29, 1.82) is 5.39 Å². The van der Waals surface area contributed by atoms with Crippen LogP contribution in [0, 0.1) is 5.39 Å². The summed E-state index contributed by atoms with van der Waals surface area (Å²) in [6, 6.07) is 5.14. The van der Waals surface area contributed by atoms with E-state index in [1.165, 1.54) is 18.2 Å². The number of hydrogen-bond donors (Lipinski definition) is 0.